The Labute approximate surface area is 96.5 Å². The van der Waals surface area contributed by atoms with Crippen LogP contribution in [0.5, 0.6) is 0 Å². The van der Waals surface area contributed by atoms with Gasteiger partial charge in [0.15, 0.2) is 5.96 Å². The van der Waals surface area contributed by atoms with Crippen molar-refractivity contribution in [2.75, 3.05) is 31.1 Å². The minimum Gasteiger partial charge on any atom is -0.370 e. The number of guanidine groups is 1. The molecule has 1 saturated heterocycles. The Morgan fingerprint density at radius 2 is 2.07 bits per heavy atom. The van der Waals surface area contributed by atoms with Crippen LogP contribution in [0.3, 0.4) is 0 Å². The lowest BCUT2D eigenvalue weighted by molar-refractivity contribution is 0.453. The van der Waals surface area contributed by atoms with E-state index < -0.39 is 0 Å². The average molecular weight is 227 g/mol. The summed E-state index contributed by atoms with van der Waals surface area (Å²) in [6, 6.07) is 0. The molecule has 1 aliphatic heterocycles. The van der Waals surface area contributed by atoms with E-state index in [-0.39, 0.29) is 0 Å². The largest absolute Gasteiger partial charge is 0.370 e. The first-order valence-electron chi connectivity index (χ1n) is 5.72. The van der Waals surface area contributed by atoms with Crippen LogP contribution in [0.4, 0.5) is 0 Å². The summed E-state index contributed by atoms with van der Waals surface area (Å²) in [5.41, 5.74) is 6.50. The fourth-order valence-corrected chi connectivity index (χ4v) is 2.89. The molecule has 2 fully saturated rings. The van der Waals surface area contributed by atoms with Gasteiger partial charge in [0.25, 0.3) is 0 Å². The van der Waals surface area contributed by atoms with Gasteiger partial charge in [0.05, 0.1) is 0 Å². The zero-order valence-electron chi connectivity index (χ0n) is 9.70. The predicted molar refractivity (Wildman–Crippen MR) is 67.3 cm³/mol. The lowest BCUT2D eigenvalue weighted by Gasteiger charge is -2.27. The van der Waals surface area contributed by atoms with E-state index in [2.05, 4.69) is 23.7 Å². The van der Waals surface area contributed by atoms with Crippen molar-refractivity contribution in [3.63, 3.8) is 0 Å². The van der Waals surface area contributed by atoms with Crippen molar-refractivity contribution in [2.24, 2.45) is 22.1 Å². The van der Waals surface area contributed by atoms with Gasteiger partial charge in [-0.3, -0.25) is 4.99 Å². The summed E-state index contributed by atoms with van der Waals surface area (Å²) in [5.74, 6) is 3.89. The number of nitrogens with zero attached hydrogens (tertiary/aromatic N) is 2. The Bertz CT molecular complexity index is 257. The number of hydrogen-bond donors (Lipinski definition) is 1. The van der Waals surface area contributed by atoms with Crippen LogP contribution < -0.4 is 5.73 Å². The molecule has 0 aromatic heterocycles. The maximum atomic E-state index is 5.98. The zero-order valence-corrected chi connectivity index (χ0v) is 10.5. The first-order valence-corrected chi connectivity index (χ1v) is 6.88. The van der Waals surface area contributed by atoms with Crippen molar-refractivity contribution in [2.45, 2.75) is 20.3 Å². The maximum absolute atomic E-state index is 5.98. The molecule has 0 aromatic carbocycles. The van der Waals surface area contributed by atoms with E-state index in [1.807, 2.05) is 11.8 Å². The minimum absolute atomic E-state index is 0.515. The molecule has 1 saturated carbocycles. The third-order valence-corrected chi connectivity index (χ3v) is 4.47. The lowest BCUT2D eigenvalue weighted by atomic mass is 10.1. The summed E-state index contributed by atoms with van der Waals surface area (Å²) >= 11 is 2.00. The van der Waals surface area contributed by atoms with Crippen LogP contribution in [0.15, 0.2) is 4.99 Å². The van der Waals surface area contributed by atoms with Crippen LogP contribution in [0, 0.1) is 11.3 Å². The number of hydrogen-bond acceptors (Lipinski definition) is 2. The third kappa shape index (κ3) is 2.80. The summed E-state index contributed by atoms with van der Waals surface area (Å²) in [5, 5.41) is 0. The van der Waals surface area contributed by atoms with Crippen molar-refractivity contribution in [1.82, 2.24) is 4.90 Å². The molecule has 86 valence electrons. The molecule has 0 aromatic rings. The summed E-state index contributed by atoms with van der Waals surface area (Å²) in [7, 11) is 0. The van der Waals surface area contributed by atoms with Gasteiger partial charge in [0, 0.05) is 31.1 Å². The summed E-state index contributed by atoms with van der Waals surface area (Å²) in [6.07, 6.45) is 1.31. The van der Waals surface area contributed by atoms with Gasteiger partial charge in [-0.15, -0.1) is 0 Å². The Kier molecular flexibility index (Phi) is 3.14. The first-order chi connectivity index (χ1) is 7.09. The zero-order chi connectivity index (χ0) is 10.9. The second kappa shape index (κ2) is 4.24. The van der Waals surface area contributed by atoms with Gasteiger partial charge in [-0.25, -0.2) is 0 Å². The minimum atomic E-state index is 0.515. The molecule has 2 rings (SSSR count). The highest BCUT2D eigenvalue weighted by molar-refractivity contribution is 7.99. The van der Waals surface area contributed by atoms with Crippen LogP contribution in [-0.4, -0.2) is 42.0 Å². The van der Waals surface area contributed by atoms with E-state index in [4.69, 9.17) is 5.73 Å². The number of aliphatic imine (C=N–C) groups is 1. The molecule has 1 heterocycles. The van der Waals surface area contributed by atoms with E-state index in [0.717, 1.165) is 31.5 Å². The molecule has 0 amide bonds. The molecular weight excluding hydrogens is 206 g/mol. The lowest BCUT2D eigenvalue weighted by Crippen LogP contribution is -2.42. The Morgan fingerprint density at radius 3 is 2.60 bits per heavy atom. The smallest absolute Gasteiger partial charge is 0.191 e. The number of rotatable bonds is 2. The van der Waals surface area contributed by atoms with E-state index in [1.165, 1.54) is 17.9 Å². The quantitative estimate of drug-likeness (QED) is 0.572. The van der Waals surface area contributed by atoms with Crippen LogP contribution in [0.2, 0.25) is 0 Å². The van der Waals surface area contributed by atoms with Gasteiger partial charge in [0.2, 0.25) is 0 Å². The topological polar surface area (TPSA) is 41.6 Å². The molecule has 3 nitrogen and oxygen atoms in total. The standard InChI is InChI=1S/C11H21N3S/c1-11(2)7-9(11)8-13-10(12)14-3-5-15-6-4-14/h9H,3-8H2,1-2H3,(H2,12,13). The molecule has 4 heteroatoms. The third-order valence-electron chi connectivity index (χ3n) is 3.53. The van der Waals surface area contributed by atoms with Crippen LogP contribution in [-0.2, 0) is 0 Å². The first kappa shape index (κ1) is 11.1. The second-order valence-corrected chi connectivity index (χ2v) is 6.41. The van der Waals surface area contributed by atoms with E-state index in [9.17, 15) is 0 Å². The van der Waals surface area contributed by atoms with Crippen molar-refractivity contribution in [1.29, 1.82) is 0 Å². The SMILES string of the molecule is CC1(C)CC1CN=C(N)N1CCSCC1. The molecule has 0 spiro atoms. The van der Waals surface area contributed by atoms with Crippen molar-refractivity contribution in [3.8, 4) is 0 Å². The highest BCUT2D eigenvalue weighted by Crippen LogP contribution is 2.51. The number of nitrogens with two attached hydrogens (primary N) is 1. The fraction of sp³-hybridized carbons (Fsp3) is 0.909. The van der Waals surface area contributed by atoms with Crippen LogP contribution in [0.1, 0.15) is 20.3 Å². The molecule has 1 atom stereocenters. The molecule has 2 N–H and O–H groups in total. The molecule has 0 bridgehead atoms. The highest BCUT2D eigenvalue weighted by atomic mass is 32.2. The normalized spacial score (nSPS) is 30.4. The van der Waals surface area contributed by atoms with Crippen LogP contribution in [0.25, 0.3) is 0 Å². The predicted octanol–water partition coefficient (Wildman–Crippen LogP) is 1.40. The van der Waals surface area contributed by atoms with Crippen molar-refractivity contribution < 1.29 is 0 Å². The second-order valence-electron chi connectivity index (χ2n) is 5.19. The fourth-order valence-electron chi connectivity index (χ4n) is 1.98. The molecular formula is C11H21N3S. The van der Waals surface area contributed by atoms with E-state index in [1.54, 1.807) is 0 Å². The van der Waals surface area contributed by atoms with Crippen LogP contribution >= 0.6 is 11.8 Å². The molecule has 2 aliphatic rings. The molecule has 1 aliphatic carbocycles. The Morgan fingerprint density at radius 1 is 1.47 bits per heavy atom. The maximum Gasteiger partial charge on any atom is 0.191 e. The molecule has 0 radical (unpaired) electrons. The van der Waals surface area contributed by atoms with E-state index in [0.29, 0.717) is 5.41 Å². The van der Waals surface area contributed by atoms with Gasteiger partial charge >= 0.3 is 0 Å². The average Bonchev–Trinajstić information content (AvgIpc) is 2.84. The molecule has 15 heavy (non-hydrogen) atoms. The van der Waals surface area contributed by atoms with Gasteiger partial charge in [0.1, 0.15) is 0 Å². The number of thioether (sulfide) groups is 1. The Hall–Kier alpha value is -0.380. The highest BCUT2D eigenvalue weighted by Gasteiger charge is 2.45. The van der Waals surface area contributed by atoms with Gasteiger partial charge in [-0.1, -0.05) is 13.8 Å². The summed E-state index contributed by atoms with van der Waals surface area (Å²) < 4.78 is 0. The van der Waals surface area contributed by atoms with Gasteiger partial charge in [-0.2, -0.15) is 11.8 Å². The van der Waals surface area contributed by atoms with E-state index >= 15 is 0 Å². The Balaban J connectivity index is 1.79. The summed E-state index contributed by atoms with van der Waals surface area (Å²) in [6.45, 7) is 7.66. The van der Waals surface area contributed by atoms with Crippen molar-refractivity contribution >= 4 is 17.7 Å². The van der Waals surface area contributed by atoms with Gasteiger partial charge < -0.3 is 10.6 Å². The van der Waals surface area contributed by atoms with Crippen molar-refractivity contribution in [3.05, 3.63) is 0 Å². The van der Waals surface area contributed by atoms with Gasteiger partial charge in [-0.05, 0) is 17.8 Å². The monoisotopic (exact) mass is 227 g/mol. The summed E-state index contributed by atoms with van der Waals surface area (Å²) in [4.78, 5) is 6.73. The molecule has 1 unspecified atom stereocenters.